The minimum absolute atomic E-state index is 0.0257. The van der Waals surface area contributed by atoms with Crippen LogP contribution in [0.1, 0.15) is 30.1 Å². The second kappa shape index (κ2) is 7.24. The Hall–Kier alpha value is -3.21. The van der Waals surface area contributed by atoms with Crippen molar-refractivity contribution in [2.75, 3.05) is 26.2 Å². The van der Waals surface area contributed by atoms with Crippen molar-refractivity contribution < 1.29 is 9.59 Å². The van der Waals surface area contributed by atoms with Crippen LogP contribution in [-0.2, 0) is 4.79 Å². The Labute approximate surface area is 176 Å². The number of carbonyl (C=O) groups excluding carboxylic acids is 2. The fraction of sp³-hybridized carbons (Fsp3) is 0.320. The van der Waals surface area contributed by atoms with Gasteiger partial charge >= 0.3 is 0 Å². The largest absolute Gasteiger partial charge is 0.339 e. The van der Waals surface area contributed by atoms with Crippen molar-refractivity contribution in [2.45, 2.75) is 19.8 Å². The number of fused-ring (bicyclic) bond motifs is 1. The van der Waals surface area contributed by atoms with Gasteiger partial charge in [0.1, 0.15) is 0 Å². The topological polar surface area (TPSA) is 53.5 Å². The zero-order chi connectivity index (χ0) is 20.7. The van der Waals surface area contributed by atoms with Crippen molar-refractivity contribution in [2.24, 2.45) is 5.41 Å². The first-order valence-electron chi connectivity index (χ1n) is 10.6. The van der Waals surface area contributed by atoms with Crippen molar-refractivity contribution >= 4 is 22.7 Å². The van der Waals surface area contributed by atoms with E-state index in [4.69, 9.17) is 4.98 Å². The molecule has 1 saturated heterocycles. The molecule has 2 fully saturated rings. The van der Waals surface area contributed by atoms with E-state index in [1.807, 2.05) is 71.3 Å². The van der Waals surface area contributed by atoms with E-state index in [-0.39, 0.29) is 17.2 Å². The molecule has 1 aliphatic heterocycles. The maximum Gasteiger partial charge on any atom is 0.253 e. The average Bonchev–Trinajstić information content (AvgIpc) is 3.56. The molecule has 1 aromatic heterocycles. The molecule has 0 spiro atoms. The summed E-state index contributed by atoms with van der Waals surface area (Å²) in [6.07, 6.45) is 1.98. The Bertz CT molecular complexity index is 1110. The zero-order valence-corrected chi connectivity index (χ0v) is 17.2. The van der Waals surface area contributed by atoms with Gasteiger partial charge in [-0.3, -0.25) is 9.59 Å². The van der Waals surface area contributed by atoms with Gasteiger partial charge < -0.3 is 9.80 Å². The lowest BCUT2D eigenvalue weighted by molar-refractivity contribution is -0.137. The van der Waals surface area contributed by atoms with Crippen LogP contribution in [0.25, 0.3) is 22.2 Å². The van der Waals surface area contributed by atoms with E-state index in [9.17, 15) is 9.59 Å². The van der Waals surface area contributed by atoms with Crippen molar-refractivity contribution in [3.63, 3.8) is 0 Å². The van der Waals surface area contributed by atoms with Crippen LogP contribution in [0.2, 0.25) is 0 Å². The third-order valence-corrected chi connectivity index (χ3v) is 6.40. The molecular weight excluding hydrogens is 374 g/mol. The molecule has 0 N–H and O–H groups in total. The van der Waals surface area contributed by atoms with Gasteiger partial charge in [0.25, 0.3) is 5.91 Å². The number of piperazine rings is 1. The second-order valence-corrected chi connectivity index (χ2v) is 8.61. The molecule has 2 aromatic carbocycles. The summed E-state index contributed by atoms with van der Waals surface area (Å²) in [5.41, 5.74) is 3.38. The van der Waals surface area contributed by atoms with Gasteiger partial charge in [0, 0.05) is 48.1 Å². The quantitative estimate of drug-likeness (QED) is 0.669. The highest BCUT2D eigenvalue weighted by molar-refractivity contribution is 5.95. The molecule has 0 bridgehead atoms. The van der Waals surface area contributed by atoms with E-state index in [1.165, 1.54) is 0 Å². The molecule has 152 valence electrons. The Morgan fingerprint density at radius 3 is 2.20 bits per heavy atom. The molecular formula is C25H25N3O2. The molecule has 2 heterocycles. The molecule has 2 aliphatic rings. The van der Waals surface area contributed by atoms with Crippen LogP contribution in [0.5, 0.6) is 0 Å². The lowest BCUT2D eigenvalue weighted by atomic mass is 10.1. The van der Waals surface area contributed by atoms with Crippen LogP contribution >= 0.6 is 0 Å². The summed E-state index contributed by atoms with van der Waals surface area (Å²) in [7, 11) is 0. The summed E-state index contributed by atoms with van der Waals surface area (Å²) in [5.74, 6) is 0.277. The second-order valence-electron chi connectivity index (χ2n) is 8.61. The van der Waals surface area contributed by atoms with E-state index < -0.39 is 0 Å². The van der Waals surface area contributed by atoms with Gasteiger partial charge in [0.2, 0.25) is 5.91 Å². The predicted octanol–water partition coefficient (Wildman–Crippen LogP) is 3.99. The summed E-state index contributed by atoms with van der Waals surface area (Å²) >= 11 is 0. The Balaban J connectivity index is 1.26. The first kappa shape index (κ1) is 18.8. The summed E-state index contributed by atoms with van der Waals surface area (Å²) in [6, 6.07) is 19.8. The minimum Gasteiger partial charge on any atom is -0.339 e. The Morgan fingerprint density at radius 2 is 1.50 bits per heavy atom. The van der Waals surface area contributed by atoms with E-state index in [1.54, 1.807) is 0 Å². The molecule has 0 atom stereocenters. The van der Waals surface area contributed by atoms with Gasteiger partial charge in [-0.15, -0.1) is 0 Å². The number of para-hydroxylation sites is 1. The number of benzene rings is 2. The van der Waals surface area contributed by atoms with Crippen molar-refractivity contribution in [1.82, 2.24) is 14.8 Å². The van der Waals surface area contributed by atoms with Crippen LogP contribution < -0.4 is 0 Å². The lowest BCUT2D eigenvalue weighted by Crippen LogP contribution is -2.52. The molecule has 2 amide bonds. The van der Waals surface area contributed by atoms with Gasteiger partial charge in [0.05, 0.1) is 11.2 Å². The number of hydrogen-bond donors (Lipinski definition) is 0. The number of nitrogens with zero attached hydrogens (tertiary/aromatic N) is 3. The fourth-order valence-corrected chi connectivity index (χ4v) is 4.09. The van der Waals surface area contributed by atoms with Gasteiger partial charge in [-0.05, 0) is 37.1 Å². The fourth-order valence-electron chi connectivity index (χ4n) is 4.09. The molecule has 30 heavy (non-hydrogen) atoms. The maximum absolute atomic E-state index is 12.9. The van der Waals surface area contributed by atoms with E-state index >= 15 is 0 Å². The predicted molar refractivity (Wildman–Crippen MR) is 117 cm³/mol. The van der Waals surface area contributed by atoms with Crippen LogP contribution in [0.15, 0.2) is 60.7 Å². The molecule has 5 heteroatoms. The summed E-state index contributed by atoms with van der Waals surface area (Å²) in [6.45, 7) is 4.47. The monoisotopic (exact) mass is 399 g/mol. The van der Waals surface area contributed by atoms with Gasteiger partial charge in [-0.25, -0.2) is 4.98 Å². The average molecular weight is 399 g/mol. The molecule has 0 unspecified atom stereocenters. The first-order chi connectivity index (χ1) is 14.5. The number of amides is 2. The SMILES string of the molecule is CC1(C(=O)N2CCN(C(=O)c3ccc(-c4ccc5ccccc5n4)cc3)CC2)CC1. The van der Waals surface area contributed by atoms with E-state index in [0.717, 1.165) is 35.0 Å². The molecule has 1 aliphatic carbocycles. The molecule has 5 rings (SSSR count). The molecule has 0 radical (unpaired) electrons. The Kier molecular flexibility index (Phi) is 4.54. The smallest absolute Gasteiger partial charge is 0.253 e. The molecule has 5 nitrogen and oxygen atoms in total. The number of aromatic nitrogens is 1. The minimum atomic E-state index is -0.140. The summed E-state index contributed by atoms with van der Waals surface area (Å²) in [5, 5.41) is 1.11. The summed E-state index contributed by atoms with van der Waals surface area (Å²) < 4.78 is 0. The van der Waals surface area contributed by atoms with Crippen molar-refractivity contribution in [1.29, 1.82) is 0 Å². The van der Waals surface area contributed by atoms with Crippen LogP contribution in [0, 0.1) is 5.41 Å². The standard InChI is InChI=1S/C25H25N3O2/c1-25(12-13-25)24(30)28-16-14-27(15-17-28)23(29)20-8-6-19(7-9-20)22-11-10-18-4-2-3-5-21(18)26-22/h2-11H,12-17H2,1H3. The summed E-state index contributed by atoms with van der Waals surface area (Å²) in [4.78, 5) is 33.9. The zero-order valence-electron chi connectivity index (χ0n) is 17.2. The number of pyridine rings is 1. The first-order valence-corrected chi connectivity index (χ1v) is 10.6. The van der Waals surface area contributed by atoms with E-state index in [0.29, 0.717) is 31.7 Å². The Morgan fingerprint density at radius 1 is 0.833 bits per heavy atom. The number of carbonyl (C=O) groups is 2. The number of rotatable bonds is 3. The van der Waals surface area contributed by atoms with Crippen LogP contribution in [0.4, 0.5) is 0 Å². The van der Waals surface area contributed by atoms with E-state index in [2.05, 4.69) is 6.07 Å². The van der Waals surface area contributed by atoms with Gasteiger partial charge in [0.15, 0.2) is 0 Å². The lowest BCUT2D eigenvalue weighted by Gasteiger charge is -2.36. The molecule has 1 saturated carbocycles. The number of hydrogen-bond acceptors (Lipinski definition) is 3. The normalized spacial score (nSPS) is 17.8. The van der Waals surface area contributed by atoms with Crippen LogP contribution in [-0.4, -0.2) is 52.8 Å². The third-order valence-electron chi connectivity index (χ3n) is 6.40. The molecule has 3 aromatic rings. The van der Waals surface area contributed by atoms with Gasteiger partial charge in [-0.2, -0.15) is 0 Å². The van der Waals surface area contributed by atoms with Gasteiger partial charge in [-0.1, -0.05) is 43.3 Å². The van der Waals surface area contributed by atoms with Crippen LogP contribution in [0.3, 0.4) is 0 Å². The van der Waals surface area contributed by atoms with Crippen molar-refractivity contribution in [3.8, 4) is 11.3 Å². The third kappa shape index (κ3) is 3.45. The maximum atomic E-state index is 12.9. The highest BCUT2D eigenvalue weighted by atomic mass is 16.2. The van der Waals surface area contributed by atoms with Crippen molar-refractivity contribution in [3.05, 3.63) is 66.2 Å². The highest BCUT2D eigenvalue weighted by Crippen LogP contribution is 2.46. The highest BCUT2D eigenvalue weighted by Gasteiger charge is 2.47.